The van der Waals surface area contributed by atoms with E-state index in [0.29, 0.717) is 11.2 Å². The van der Waals surface area contributed by atoms with Crippen molar-refractivity contribution >= 4 is 22.6 Å². The molecule has 0 saturated heterocycles. The normalized spacial score (nSPS) is 10.9. The lowest BCUT2D eigenvalue weighted by Gasteiger charge is -2.11. The second-order valence-electron chi connectivity index (χ2n) is 5.61. The number of aryl methyl sites for hydroxylation is 2. The van der Waals surface area contributed by atoms with Gasteiger partial charge in [0, 0.05) is 19.8 Å². The number of ether oxygens (including phenoxy) is 1. The van der Waals surface area contributed by atoms with E-state index in [4.69, 9.17) is 4.74 Å². The molecule has 0 bridgehead atoms. The average Bonchev–Trinajstić information content (AvgIpc) is 2.81. The van der Waals surface area contributed by atoms with Gasteiger partial charge in [-0.05, 0) is 37.3 Å². The molecule has 1 N–H and O–H groups in total. The third kappa shape index (κ3) is 2.88. The Labute approximate surface area is 143 Å². The standard InChI is InChI=1S/C18H18FN3O3/c1-4-25-16-12(6-5-7-13(16)19)17(23)20-11-8-9-14-15(10-11)22(3)18(24)21(14)2/h5-10H,4H2,1-3H3,(H,20,23). The van der Waals surface area contributed by atoms with Crippen molar-refractivity contribution < 1.29 is 13.9 Å². The van der Waals surface area contributed by atoms with Gasteiger partial charge in [-0.15, -0.1) is 0 Å². The van der Waals surface area contributed by atoms with Crippen LogP contribution in [0.3, 0.4) is 0 Å². The van der Waals surface area contributed by atoms with E-state index < -0.39 is 11.7 Å². The molecular weight excluding hydrogens is 325 g/mol. The monoisotopic (exact) mass is 343 g/mol. The van der Waals surface area contributed by atoms with Crippen molar-refractivity contribution in [1.82, 2.24) is 9.13 Å². The third-order valence-corrected chi connectivity index (χ3v) is 4.03. The number of carbonyl (C=O) groups is 1. The lowest BCUT2D eigenvalue weighted by molar-refractivity contribution is 0.102. The van der Waals surface area contributed by atoms with Gasteiger partial charge in [0.1, 0.15) is 0 Å². The summed E-state index contributed by atoms with van der Waals surface area (Å²) in [5.74, 6) is -1.14. The number of para-hydroxylation sites is 1. The maximum Gasteiger partial charge on any atom is 0.328 e. The zero-order chi connectivity index (χ0) is 18.1. The largest absolute Gasteiger partial charge is 0.490 e. The quantitative estimate of drug-likeness (QED) is 0.792. The summed E-state index contributed by atoms with van der Waals surface area (Å²) >= 11 is 0. The molecule has 0 aliphatic rings. The van der Waals surface area contributed by atoms with Crippen molar-refractivity contribution in [3.63, 3.8) is 0 Å². The highest BCUT2D eigenvalue weighted by molar-refractivity contribution is 6.06. The fourth-order valence-electron chi connectivity index (χ4n) is 2.76. The Morgan fingerprint density at radius 3 is 2.60 bits per heavy atom. The highest BCUT2D eigenvalue weighted by Gasteiger charge is 2.17. The van der Waals surface area contributed by atoms with Crippen molar-refractivity contribution in [2.75, 3.05) is 11.9 Å². The number of aromatic nitrogens is 2. The topological polar surface area (TPSA) is 65.3 Å². The predicted molar refractivity (Wildman–Crippen MR) is 93.7 cm³/mol. The predicted octanol–water partition coefficient (Wildman–Crippen LogP) is 2.67. The number of hydrogen-bond donors (Lipinski definition) is 1. The molecule has 0 fully saturated rings. The molecule has 0 radical (unpaired) electrons. The van der Waals surface area contributed by atoms with Crippen molar-refractivity contribution in [3.8, 4) is 5.75 Å². The van der Waals surface area contributed by atoms with Crippen LogP contribution in [0.2, 0.25) is 0 Å². The van der Waals surface area contributed by atoms with Gasteiger partial charge in [-0.3, -0.25) is 13.9 Å². The highest BCUT2D eigenvalue weighted by atomic mass is 19.1. The molecular formula is C18H18FN3O3. The van der Waals surface area contributed by atoms with Crippen LogP contribution >= 0.6 is 0 Å². The first-order chi connectivity index (χ1) is 11.9. The van der Waals surface area contributed by atoms with Crippen LogP contribution in [0.5, 0.6) is 5.75 Å². The van der Waals surface area contributed by atoms with Crippen LogP contribution in [0, 0.1) is 5.82 Å². The number of anilines is 1. The Balaban J connectivity index is 1.97. The van der Waals surface area contributed by atoms with Crippen LogP contribution in [0.15, 0.2) is 41.2 Å². The zero-order valence-electron chi connectivity index (χ0n) is 14.2. The van der Waals surface area contributed by atoms with Gasteiger partial charge in [-0.25, -0.2) is 9.18 Å². The lowest BCUT2D eigenvalue weighted by atomic mass is 10.1. The summed E-state index contributed by atoms with van der Waals surface area (Å²) < 4.78 is 22.2. The molecule has 6 nitrogen and oxygen atoms in total. The molecule has 130 valence electrons. The SMILES string of the molecule is CCOc1c(F)cccc1C(=O)Nc1ccc2c(c1)n(C)c(=O)n2C. The number of benzene rings is 2. The summed E-state index contributed by atoms with van der Waals surface area (Å²) in [4.78, 5) is 24.5. The minimum atomic E-state index is -0.588. The van der Waals surface area contributed by atoms with Crippen LogP contribution in [-0.4, -0.2) is 21.6 Å². The van der Waals surface area contributed by atoms with Gasteiger partial charge in [0.15, 0.2) is 11.6 Å². The lowest BCUT2D eigenvalue weighted by Crippen LogP contribution is -2.19. The van der Waals surface area contributed by atoms with Gasteiger partial charge in [0.25, 0.3) is 5.91 Å². The zero-order valence-corrected chi connectivity index (χ0v) is 14.2. The van der Waals surface area contributed by atoms with E-state index in [0.717, 1.165) is 5.52 Å². The van der Waals surface area contributed by atoms with Gasteiger partial charge >= 0.3 is 5.69 Å². The van der Waals surface area contributed by atoms with E-state index in [2.05, 4.69) is 5.32 Å². The van der Waals surface area contributed by atoms with Crippen LogP contribution in [0.25, 0.3) is 11.0 Å². The molecule has 0 aliphatic heterocycles. The van der Waals surface area contributed by atoms with Gasteiger partial charge in [-0.2, -0.15) is 0 Å². The summed E-state index contributed by atoms with van der Waals surface area (Å²) in [6, 6.07) is 9.35. The van der Waals surface area contributed by atoms with Crippen LogP contribution in [-0.2, 0) is 14.1 Å². The van der Waals surface area contributed by atoms with Gasteiger partial charge in [0.05, 0.1) is 23.2 Å². The Morgan fingerprint density at radius 1 is 1.16 bits per heavy atom. The molecule has 0 saturated carbocycles. The molecule has 1 amide bonds. The number of carbonyl (C=O) groups excluding carboxylic acids is 1. The molecule has 25 heavy (non-hydrogen) atoms. The highest BCUT2D eigenvalue weighted by Crippen LogP contribution is 2.24. The third-order valence-electron chi connectivity index (χ3n) is 4.03. The molecule has 1 heterocycles. The van der Waals surface area contributed by atoms with Crippen LogP contribution in [0.4, 0.5) is 10.1 Å². The van der Waals surface area contributed by atoms with Crippen LogP contribution < -0.4 is 15.7 Å². The Hall–Kier alpha value is -3.09. The molecule has 0 unspecified atom stereocenters. The minimum Gasteiger partial charge on any atom is -0.490 e. The summed E-state index contributed by atoms with van der Waals surface area (Å²) in [5.41, 5.74) is 1.91. The molecule has 0 spiro atoms. The fourth-order valence-corrected chi connectivity index (χ4v) is 2.76. The number of amides is 1. The first-order valence-electron chi connectivity index (χ1n) is 7.82. The summed E-state index contributed by atoms with van der Waals surface area (Å²) in [6.45, 7) is 1.97. The second kappa shape index (κ2) is 6.43. The summed E-state index contributed by atoms with van der Waals surface area (Å²) in [5, 5.41) is 2.72. The smallest absolute Gasteiger partial charge is 0.328 e. The molecule has 0 atom stereocenters. The first-order valence-corrected chi connectivity index (χ1v) is 7.82. The van der Waals surface area contributed by atoms with Crippen LogP contribution in [0.1, 0.15) is 17.3 Å². The number of halogens is 1. The molecule has 3 rings (SSSR count). The maximum atomic E-state index is 13.9. The minimum absolute atomic E-state index is 0.0734. The Morgan fingerprint density at radius 2 is 1.88 bits per heavy atom. The maximum absolute atomic E-state index is 13.9. The molecule has 0 aliphatic carbocycles. The van der Waals surface area contributed by atoms with Gasteiger partial charge in [-0.1, -0.05) is 6.07 Å². The van der Waals surface area contributed by atoms with Gasteiger partial charge < -0.3 is 10.1 Å². The van der Waals surface area contributed by atoms with Crippen molar-refractivity contribution in [3.05, 3.63) is 58.3 Å². The van der Waals surface area contributed by atoms with E-state index in [9.17, 15) is 14.0 Å². The number of fused-ring (bicyclic) bond motifs is 1. The number of nitrogens with one attached hydrogen (secondary N) is 1. The Bertz CT molecular complexity index is 1020. The number of nitrogens with zero attached hydrogens (tertiary/aromatic N) is 2. The molecule has 1 aromatic heterocycles. The number of imidazole rings is 1. The van der Waals surface area contributed by atoms with E-state index >= 15 is 0 Å². The summed E-state index contributed by atoms with van der Waals surface area (Å²) in [7, 11) is 3.35. The number of rotatable bonds is 4. The van der Waals surface area contributed by atoms with E-state index in [-0.39, 0.29) is 23.6 Å². The molecule has 2 aromatic carbocycles. The van der Waals surface area contributed by atoms with Crippen molar-refractivity contribution in [2.24, 2.45) is 14.1 Å². The molecule has 3 aromatic rings. The summed E-state index contributed by atoms with van der Waals surface area (Å²) in [6.07, 6.45) is 0. The first kappa shape index (κ1) is 16.8. The second-order valence-corrected chi connectivity index (χ2v) is 5.61. The van der Waals surface area contributed by atoms with Crippen molar-refractivity contribution in [2.45, 2.75) is 6.92 Å². The van der Waals surface area contributed by atoms with E-state index in [1.165, 1.54) is 27.3 Å². The average molecular weight is 343 g/mol. The van der Waals surface area contributed by atoms with E-state index in [1.807, 2.05) is 0 Å². The van der Waals surface area contributed by atoms with Crippen molar-refractivity contribution in [1.29, 1.82) is 0 Å². The number of hydrogen-bond acceptors (Lipinski definition) is 3. The molecule has 7 heteroatoms. The Kier molecular flexibility index (Phi) is 4.31. The van der Waals surface area contributed by atoms with Gasteiger partial charge in [0.2, 0.25) is 0 Å². The van der Waals surface area contributed by atoms with E-state index in [1.54, 1.807) is 39.2 Å². The fraction of sp³-hybridized carbons (Fsp3) is 0.222.